The van der Waals surface area contributed by atoms with E-state index in [9.17, 15) is 0 Å². The average molecular weight is 181 g/mol. The molecular formula is C9H15N3O. The summed E-state index contributed by atoms with van der Waals surface area (Å²) in [6.07, 6.45) is 4.86. The third-order valence-electron chi connectivity index (χ3n) is 2.89. The lowest BCUT2D eigenvalue weighted by Gasteiger charge is -2.17. The van der Waals surface area contributed by atoms with Crippen molar-refractivity contribution in [1.82, 2.24) is 10.1 Å². The van der Waals surface area contributed by atoms with Gasteiger partial charge < -0.3 is 10.3 Å². The zero-order valence-electron chi connectivity index (χ0n) is 7.92. The minimum atomic E-state index is 0.136. The van der Waals surface area contributed by atoms with Crippen LogP contribution in [0.5, 0.6) is 0 Å². The summed E-state index contributed by atoms with van der Waals surface area (Å²) >= 11 is 0. The molecule has 0 atom stereocenters. The predicted octanol–water partition coefficient (Wildman–Crippen LogP) is 1.36. The van der Waals surface area contributed by atoms with Gasteiger partial charge in [0.05, 0.1) is 6.54 Å². The van der Waals surface area contributed by atoms with Gasteiger partial charge in [-0.2, -0.15) is 4.98 Å². The largest absolute Gasteiger partial charge is 0.338 e. The van der Waals surface area contributed by atoms with Crippen molar-refractivity contribution in [3.8, 4) is 0 Å². The first-order valence-electron chi connectivity index (χ1n) is 4.78. The normalized spacial score (nSPS) is 20.8. The van der Waals surface area contributed by atoms with E-state index in [2.05, 4.69) is 17.1 Å². The quantitative estimate of drug-likeness (QED) is 0.748. The minimum Gasteiger partial charge on any atom is -0.338 e. The van der Waals surface area contributed by atoms with Gasteiger partial charge in [-0.15, -0.1) is 0 Å². The first-order valence-corrected chi connectivity index (χ1v) is 4.78. The van der Waals surface area contributed by atoms with Gasteiger partial charge in [-0.05, 0) is 12.8 Å². The Morgan fingerprint density at radius 3 is 2.69 bits per heavy atom. The van der Waals surface area contributed by atoms with Crippen molar-refractivity contribution in [2.75, 3.05) is 0 Å². The summed E-state index contributed by atoms with van der Waals surface area (Å²) in [5.41, 5.74) is 5.54. The van der Waals surface area contributed by atoms with Gasteiger partial charge in [0.2, 0.25) is 5.89 Å². The van der Waals surface area contributed by atoms with Crippen molar-refractivity contribution < 1.29 is 4.52 Å². The van der Waals surface area contributed by atoms with Crippen molar-refractivity contribution >= 4 is 0 Å². The Bertz CT molecular complexity index is 289. The maximum Gasteiger partial charge on any atom is 0.240 e. The molecule has 13 heavy (non-hydrogen) atoms. The molecule has 0 amide bonds. The number of hydrogen-bond donors (Lipinski definition) is 1. The van der Waals surface area contributed by atoms with E-state index in [1.807, 2.05) is 0 Å². The van der Waals surface area contributed by atoms with Crippen LogP contribution in [0.4, 0.5) is 0 Å². The molecule has 1 aromatic heterocycles. The summed E-state index contributed by atoms with van der Waals surface area (Å²) < 4.78 is 5.01. The molecule has 1 heterocycles. The molecule has 1 aliphatic carbocycles. The lowest BCUT2D eigenvalue weighted by atomic mass is 9.88. The van der Waals surface area contributed by atoms with Gasteiger partial charge in [0.25, 0.3) is 0 Å². The number of nitrogens with zero attached hydrogens (tertiary/aromatic N) is 2. The fraction of sp³-hybridized carbons (Fsp3) is 0.778. The molecule has 0 aromatic carbocycles. The maximum absolute atomic E-state index is 5.41. The Hall–Kier alpha value is -0.900. The highest BCUT2D eigenvalue weighted by atomic mass is 16.5. The van der Waals surface area contributed by atoms with Crippen LogP contribution in [0.1, 0.15) is 44.3 Å². The summed E-state index contributed by atoms with van der Waals surface area (Å²) in [6.45, 7) is 2.54. The highest BCUT2D eigenvalue weighted by Crippen LogP contribution is 2.38. The molecule has 4 heteroatoms. The van der Waals surface area contributed by atoms with Gasteiger partial charge in [0.15, 0.2) is 5.82 Å². The summed E-state index contributed by atoms with van der Waals surface area (Å²) in [7, 11) is 0. The van der Waals surface area contributed by atoms with Crippen LogP contribution in [0.2, 0.25) is 0 Å². The van der Waals surface area contributed by atoms with Crippen LogP contribution in [0.3, 0.4) is 0 Å². The van der Waals surface area contributed by atoms with Gasteiger partial charge in [0.1, 0.15) is 0 Å². The number of rotatable bonds is 2. The lowest BCUT2D eigenvalue weighted by Crippen LogP contribution is -2.18. The fourth-order valence-electron chi connectivity index (χ4n) is 1.96. The van der Waals surface area contributed by atoms with E-state index in [1.165, 1.54) is 12.8 Å². The minimum absolute atomic E-state index is 0.136. The Labute approximate surface area is 77.5 Å². The van der Waals surface area contributed by atoms with Crippen LogP contribution in [-0.2, 0) is 12.0 Å². The molecule has 0 aliphatic heterocycles. The van der Waals surface area contributed by atoms with E-state index in [0.717, 1.165) is 18.7 Å². The van der Waals surface area contributed by atoms with Gasteiger partial charge in [-0.1, -0.05) is 24.9 Å². The first kappa shape index (κ1) is 8.69. The molecule has 72 valence electrons. The number of aromatic nitrogens is 2. The summed E-state index contributed by atoms with van der Waals surface area (Å²) in [5, 5.41) is 3.97. The van der Waals surface area contributed by atoms with Crippen LogP contribution in [0.15, 0.2) is 4.52 Å². The SMILES string of the molecule is CC1(c2noc(CN)n2)CCCC1. The zero-order chi connectivity index (χ0) is 9.31. The second kappa shape index (κ2) is 3.10. The first-order chi connectivity index (χ1) is 6.24. The molecule has 0 unspecified atom stereocenters. The van der Waals surface area contributed by atoms with Crippen LogP contribution in [0.25, 0.3) is 0 Å². The van der Waals surface area contributed by atoms with Gasteiger partial charge in [-0.25, -0.2) is 0 Å². The molecule has 0 radical (unpaired) electrons. The fourth-order valence-corrected chi connectivity index (χ4v) is 1.96. The monoisotopic (exact) mass is 181 g/mol. The van der Waals surface area contributed by atoms with Crippen LogP contribution >= 0.6 is 0 Å². The van der Waals surface area contributed by atoms with Crippen LogP contribution in [0, 0.1) is 0 Å². The smallest absolute Gasteiger partial charge is 0.240 e. The highest BCUT2D eigenvalue weighted by Gasteiger charge is 2.34. The van der Waals surface area contributed by atoms with E-state index in [-0.39, 0.29) is 5.41 Å². The molecule has 0 saturated heterocycles. The van der Waals surface area contributed by atoms with E-state index < -0.39 is 0 Å². The molecule has 1 aliphatic rings. The molecule has 1 saturated carbocycles. The van der Waals surface area contributed by atoms with E-state index in [1.54, 1.807) is 0 Å². The summed E-state index contributed by atoms with van der Waals surface area (Å²) in [6, 6.07) is 0. The van der Waals surface area contributed by atoms with Crippen molar-refractivity contribution in [3.63, 3.8) is 0 Å². The van der Waals surface area contributed by atoms with Crippen molar-refractivity contribution in [2.45, 2.75) is 44.6 Å². The average Bonchev–Trinajstić information content (AvgIpc) is 2.72. The highest BCUT2D eigenvalue weighted by molar-refractivity contribution is 5.07. The Morgan fingerprint density at radius 1 is 1.46 bits per heavy atom. The van der Waals surface area contributed by atoms with Crippen molar-refractivity contribution in [2.24, 2.45) is 5.73 Å². The van der Waals surface area contributed by atoms with Crippen molar-refractivity contribution in [3.05, 3.63) is 11.7 Å². The molecule has 2 N–H and O–H groups in total. The second-order valence-electron chi connectivity index (χ2n) is 3.98. The predicted molar refractivity (Wildman–Crippen MR) is 48.0 cm³/mol. The molecular weight excluding hydrogens is 166 g/mol. The molecule has 0 bridgehead atoms. The van der Waals surface area contributed by atoms with Crippen LogP contribution in [-0.4, -0.2) is 10.1 Å². The zero-order valence-corrected chi connectivity index (χ0v) is 7.92. The summed E-state index contributed by atoms with van der Waals surface area (Å²) in [4.78, 5) is 4.28. The Balaban J connectivity index is 2.23. The van der Waals surface area contributed by atoms with E-state index in [0.29, 0.717) is 12.4 Å². The molecule has 1 aromatic rings. The standard InChI is InChI=1S/C9H15N3O/c1-9(4-2-3-5-9)8-11-7(6-10)13-12-8/h2-6,10H2,1H3. The Kier molecular flexibility index (Phi) is 2.07. The van der Waals surface area contributed by atoms with E-state index in [4.69, 9.17) is 10.3 Å². The Morgan fingerprint density at radius 2 is 2.15 bits per heavy atom. The molecule has 2 rings (SSSR count). The number of nitrogens with two attached hydrogens (primary N) is 1. The molecule has 4 nitrogen and oxygen atoms in total. The third-order valence-corrected chi connectivity index (χ3v) is 2.89. The lowest BCUT2D eigenvalue weighted by molar-refractivity contribution is 0.355. The molecule has 1 fully saturated rings. The van der Waals surface area contributed by atoms with Gasteiger partial charge in [-0.3, -0.25) is 0 Å². The maximum atomic E-state index is 5.41. The molecule has 0 spiro atoms. The third kappa shape index (κ3) is 1.46. The van der Waals surface area contributed by atoms with Crippen LogP contribution < -0.4 is 5.73 Å². The second-order valence-corrected chi connectivity index (χ2v) is 3.98. The van der Waals surface area contributed by atoms with Crippen molar-refractivity contribution in [1.29, 1.82) is 0 Å². The van der Waals surface area contributed by atoms with E-state index >= 15 is 0 Å². The summed E-state index contributed by atoms with van der Waals surface area (Å²) in [5.74, 6) is 1.38. The number of hydrogen-bond acceptors (Lipinski definition) is 4. The van der Waals surface area contributed by atoms with Gasteiger partial charge >= 0.3 is 0 Å². The topological polar surface area (TPSA) is 64.9 Å². The van der Waals surface area contributed by atoms with Gasteiger partial charge in [0, 0.05) is 5.41 Å².